The maximum atomic E-state index is 12.0. The topological polar surface area (TPSA) is 50.4 Å². The molecule has 1 aliphatic carbocycles. The summed E-state index contributed by atoms with van der Waals surface area (Å²) in [6, 6.07) is 0.669. The SMILES string of the molecule is CC(C)(C)CC(C)(C)NC1CCCC(NC(=O)OC(C)(C)C)C1. The van der Waals surface area contributed by atoms with Crippen LogP contribution in [0.3, 0.4) is 0 Å². The molecule has 0 saturated heterocycles. The second-order valence-corrected chi connectivity index (χ2v) is 9.97. The van der Waals surface area contributed by atoms with Crippen LogP contribution in [-0.4, -0.2) is 29.3 Å². The average molecular weight is 327 g/mol. The molecule has 1 aliphatic rings. The van der Waals surface area contributed by atoms with E-state index in [4.69, 9.17) is 4.74 Å². The summed E-state index contributed by atoms with van der Waals surface area (Å²) in [6.07, 6.45) is 5.17. The van der Waals surface area contributed by atoms with Gasteiger partial charge in [-0.1, -0.05) is 20.8 Å². The largest absolute Gasteiger partial charge is 0.444 e. The lowest BCUT2D eigenvalue weighted by Crippen LogP contribution is -2.52. The van der Waals surface area contributed by atoms with E-state index in [1.54, 1.807) is 0 Å². The Morgan fingerprint density at radius 2 is 1.57 bits per heavy atom. The number of alkyl carbamates (subject to hydrolysis) is 1. The van der Waals surface area contributed by atoms with Gasteiger partial charge in [0.2, 0.25) is 0 Å². The van der Waals surface area contributed by atoms with Crippen LogP contribution in [0.15, 0.2) is 0 Å². The van der Waals surface area contributed by atoms with E-state index in [-0.39, 0.29) is 17.7 Å². The molecule has 4 heteroatoms. The minimum atomic E-state index is -0.439. The van der Waals surface area contributed by atoms with Crippen molar-refractivity contribution in [1.82, 2.24) is 10.6 Å². The molecule has 4 nitrogen and oxygen atoms in total. The van der Waals surface area contributed by atoms with Crippen LogP contribution in [0.2, 0.25) is 0 Å². The standard InChI is InChI=1S/C19H38N2O2/c1-17(2,3)13-19(7,8)21-15-11-9-10-14(12-15)20-16(22)23-18(4,5)6/h14-15,21H,9-13H2,1-8H3,(H,20,22). The number of rotatable bonds is 4. The highest BCUT2D eigenvalue weighted by Crippen LogP contribution is 2.29. The van der Waals surface area contributed by atoms with Gasteiger partial charge in [-0.2, -0.15) is 0 Å². The van der Waals surface area contributed by atoms with Gasteiger partial charge < -0.3 is 15.4 Å². The second kappa shape index (κ2) is 7.42. The third-order valence-corrected chi connectivity index (χ3v) is 3.96. The monoisotopic (exact) mass is 326 g/mol. The van der Waals surface area contributed by atoms with E-state index in [2.05, 4.69) is 45.3 Å². The molecule has 2 atom stereocenters. The highest BCUT2D eigenvalue weighted by Gasteiger charge is 2.31. The van der Waals surface area contributed by atoms with Crippen LogP contribution in [0.4, 0.5) is 4.79 Å². The highest BCUT2D eigenvalue weighted by molar-refractivity contribution is 5.68. The van der Waals surface area contributed by atoms with Crippen molar-refractivity contribution in [3.8, 4) is 0 Å². The number of hydrogen-bond donors (Lipinski definition) is 2. The van der Waals surface area contributed by atoms with E-state index in [9.17, 15) is 4.79 Å². The molecule has 1 rings (SSSR count). The highest BCUT2D eigenvalue weighted by atomic mass is 16.6. The molecule has 0 spiro atoms. The molecular formula is C19H38N2O2. The Labute approximate surface area is 143 Å². The fourth-order valence-corrected chi connectivity index (χ4v) is 3.86. The Bertz CT molecular complexity index is 391. The van der Waals surface area contributed by atoms with Crippen LogP contribution in [0.25, 0.3) is 0 Å². The first kappa shape index (κ1) is 20.3. The van der Waals surface area contributed by atoms with Crippen molar-refractivity contribution in [3.05, 3.63) is 0 Å². The van der Waals surface area contributed by atoms with Gasteiger partial charge in [0.1, 0.15) is 5.60 Å². The summed E-state index contributed by atoms with van der Waals surface area (Å²) < 4.78 is 5.37. The molecule has 0 aliphatic heterocycles. The molecule has 0 radical (unpaired) electrons. The van der Waals surface area contributed by atoms with Gasteiger partial charge in [-0.15, -0.1) is 0 Å². The number of hydrogen-bond acceptors (Lipinski definition) is 3. The Balaban J connectivity index is 2.50. The molecule has 1 fully saturated rings. The van der Waals surface area contributed by atoms with Gasteiger partial charge in [0.05, 0.1) is 0 Å². The fourth-order valence-electron chi connectivity index (χ4n) is 3.86. The molecule has 0 aromatic carbocycles. The van der Waals surface area contributed by atoms with E-state index in [0.717, 1.165) is 25.7 Å². The summed E-state index contributed by atoms with van der Waals surface area (Å²) in [7, 11) is 0. The molecule has 1 amide bonds. The first-order chi connectivity index (χ1) is 10.3. The number of amides is 1. The molecule has 2 unspecified atom stereocenters. The summed E-state index contributed by atoms with van der Waals surface area (Å²) in [6.45, 7) is 17.1. The predicted octanol–water partition coefficient (Wildman–Crippen LogP) is 4.63. The number of nitrogens with one attached hydrogen (secondary N) is 2. The second-order valence-electron chi connectivity index (χ2n) is 9.97. The zero-order valence-corrected chi connectivity index (χ0v) is 16.5. The Morgan fingerprint density at radius 3 is 2.09 bits per heavy atom. The van der Waals surface area contributed by atoms with Crippen LogP contribution in [0.1, 0.15) is 87.5 Å². The predicted molar refractivity (Wildman–Crippen MR) is 96.7 cm³/mol. The molecule has 0 heterocycles. The third-order valence-electron chi connectivity index (χ3n) is 3.96. The minimum absolute atomic E-state index is 0.108. The van der Waals surface area contributed by atoms with E-state index in [0.29, 0.717) is 11.5 Å². The molecular weight excluding hydrogens is 288 g/mol. The summed E-state index contributed by atoms with van der Waals surface area (Å²) in [5.74, 6) is 0. The molecule has 1 saturated carbocycles. The van der Waals surface area contributed by atoms with Gasteiger partial charge in [0, 0.05) is 17.6 Å². The van der Waals surface area contributed by atoms with Crippen molar-refractivity contribution in [2.24, 2.45) is 5.41 Å². The number of ether oxygens (including phenoxy) is 1. The van der Waals surface area contributed by atoms with Crippen LogP contribution >= 0.6 is 0 Å². The summed E-state index contributed by atoms with van der Waals surface area (Å²) in [5, 5.41) is 6.85. The van der Waals surface area contributed by atoms with Gasteiger partial charge in [0.25, 0.3) is 0 Å². The van der Waals surface area contributed by atoms with Crippen molar-refractivity contribution >= 4 is 6.09 Å². The lowest BCUT2D eigenvalue weighted by molar-refractivity contribution is 0.0486. The Hall–Kier alpha value is -0.770. The van der Waals surface area contributed by atoms with Crippen molar-refractivity contribution in [1.29, 1.82) is 0 Å². The maximum Gasteiger partial charge on any atom is 0.407 e. The van der Waals surface area contributed by atoms with Gasteiger partial charge >= 0.3 is 6.09 Å². The number of carbonyl (C=O) groups is 1. The van der Waals surface area contributed by atoms with E-state index < -0.39 is 5.60 Å². The van der Waals surface area contributed by atoms with E-state index >= 15 is 0 Å². The van der Waals surface area contributed by atoms with Crippen molar-refractivity contribution < 1.29 is 9.53 Å². The van der Waals surface area contributed by atoms with Crippen molar-refractivity contribution in [2.75, 3.05) is 0 Å². The van der Waals surface area contributed by atoms with Crippen LogP contribution in [0, 0.1) is 5.41 Å². The molecule has 0 bridgehead atoms. The Morgan fingerprint density at radius 1 is 1.00 bits per heavy atom. The Kier molecular flexibility index (Phi) is 6.54. The van der Waals surface area contributed by atoms with Crippen molar-refractivity contribution in [2.45, 2.75) is 111 Å². The lowest BCUT2D eigenvalue weighted by atomic mass is 9.80. The van der Waals surface area contributed by atoms with Crippen LogP contribution in [0.5, 0.6) is 0 Å². The normalized spacial score (nSPS) is 23.5. The fraction of sp³-hybridized carbons (Fsp3) is 0.947. The smallest absolute Gasteiger partial charge is 0.407 e. The maximum absolute atomic E-state index is 12.0. The van der Waals surface area contributed by atoms with Crippen LogP contribution < -0.4 is 10.6 Å². The van der Waals surface area contributed by atoms with Gasteiger partial charge in [-0.3, -0.25) is 0 Å². The summed E-state index contributed by atoms with van der Waals surface area (Å²) >= 11 is 0. The van der Waals surface area contributed by atoms with E-state index in [1.807, 2.05) is 20.8 Å². The van der Waals surface area contributed by atoms with Gasteiger partial charge in [-0.25, -0.2) is 4.79 Å². The third kappa shape index (κ3) is 9.19. The zero-order chi connectivity index (χ0) is 17.9. The minimum Gasteiger partial charge on any atom is -0.444 e. The zero-order valence-electron chi connectivity index (χ0n) is 16.5. The average Bonchev–Trinajstić information content (AvgIpc) is 2.21. The quantitative estimate of drug-likeness (QED) is 0.792. The summed E-state index contributed by atoms with van der Waals surface area (Å²) in [4.78, 5) is 12.0. The first-order valence-corrected chi connectivity index (χ1v) is 9.03. The molecule has 2 N–H and O–H groups in total. The first-order valence-electron chi connectivity index (χ1n) is 9.03. The molecule has 0 aromatic heterocycles. The van der Waals surface area contributed by atoms with E-state index in [1.165, 1.54) is 6.42 Å². The summed E-state index contributed by atoms with van der Waals surface area (Å²) in [5.41, 5.74) is -0.0266. The number of carbonyl (C=O) groups excluding carboxylic acids is 1. The lowest BCUT2D eigenvalue weighted by Gasteiger charge is -2.39. The van der Waals surface area contributed by atoms with Crippen LogP contribution in [-0.2, 0) is 4.74 Å². The van der Waals surface area contributed by atoms with Gasteiger partial charge in [0.15, 0.2) is 0 Å². The van der Waals surface area contributed by atoms with Crippen molar-refractivity contribution in [3.63, 3.8) is 0 Å². The molecule has 23 heavy (non-hydrogen) atoms. The molecule has 0 aromatic rings. The molecule has 136 valence electrons. The van der Waals surface area contributed by atoms with Gasteiger partial charge in [-0.05, 0) is 72.1 Å².